The van der Waals surface area contributed by atoms with Gasteiger partial charge in [0.15, 0.2) is 0 Å². The standard InChI is InChI=1S/C29H44O4/c1-18-11-22(26(5,6)7)12-19(2)24(18)29(33,28(15-30,16-31)17-32)25-20(3)13-23(14-21(25)4)27(8,9)10/h11-14,30-33H,15-17H2,1-10H3. The number of aliphatic hydroxyl groups excluding tert-OH is 3. The van der Waals surface area contributed by atoms with E-state index in [2.05, 4.69) is 65.8 Å². The Labute approximate surface area is 200 Å². The van der Waals surface area contributed by atoms with Crippen LogP contribution in [0.1, 0.15) is 86.1 Å². The second-order valence-corrected chi connectivity index (χ2v) is 11.9. The van der Waals surface area contributed by atoms with Crippen LogP contribution in [0.25, 0.3) is 0 Å². The van der Waals surface area contributed by atoms with Gasteiger partial charge in [0.05, 0.1) is 25.2 Å². The summed E-state index contributed by atoms with van der Waals surface area (Å²) in [4.78, 5) is 0. The lowest BCUT2D eigenvalue weighted by molar-refractivity contribution is -0.137. The Bertz CT molecular complexity index is 877. The van der Waals surface area contributed by atoms with E-state index in [1.54, 1.807) is 0 Å². The van der Waals surface area contributed by atoms with E-state index in [1.807, 2.05) is 27.7 Å². The predicted octanol–water partition coefficient (Wildman–Crippen LogP) is 4.71. The van der Waals surface area contributed by atoms with Crippen LogP contribution in [0.5, 0.6) is 0 Å². The second-order valence-electron chi connectivity index (χ2n) is 11.9. The molecule has 0 saturated heterocycles. The Morgan fingerprint density at radius 1 is 0.545 bits per heavy atom. The predicted molar refractivity (Wildman–Crippen MR) is 136 cm³/mol. The molecule has 4 N–H and O–H groups in total. The summed E-state index contributed by atoms with van der Waals surface area (Å²) in [7, 11) is 0. The normalized spacial score (nSPS) is 13.5. The van der Waals surface area contributed by atoms with Crippen molar-refractivity contribution in [1.82, 2.24) is 0 Å². The maximum atomic E-state index is 12.7. The highest BCUT2D eigenvalue weighted by atomic mass is 16.3. The zero-order valence-electron chi connectivity index (χ0n) is 22.2. The van der Waals surface area contributed by atoms with E-state index in [0.29, 0.717) is 11.1 Å². The first-order valence-electron chi connectivity index (χ1n) is 11.8. The monoisotopic (exact) mass is 456 g/mol. The van der Waals surface area contributed by atoms with E-state index < -0.39 is 30.8 Å². The number of hydrogen-bond acceptors (Lipinski definition) is 4. The molecule has 4 nitrogen and oxygen atoms in total. The van der Waals surface area contributed by atoms with Crippen molar-refractivity contribution in [3.8, 4) is 0 Å². The first-order valence-corrected chi connectivity index (χ1v) is 11.8. The van der Waals surface area contributed by atoms with Crippen LogP contribution >= 0.6 is 0 Å². The zero-order valence-corrected chi connectivity index (χ0v) is 22.2. The summed E-state index contributed by atoms with van der Waals surface area (Å²) >= 11 is 0. The number of benzene rings is 2. The van der Waals surface area contributed by atoms with E-state index >= 15 is 0 Å². The molecule has 0 spiro atoms. The van der Waals surface area contributed by atoms with Crippen molar-refractivity contribution in [2.24, 2.45) is 5.41 Å². The summed E-state index contributed by atoms with van der Waals surface area (Å²) in [5.41, 5.74) is 3.45. The molecule has 0 atom stereocenters. The second kappa shape index (κ2) is 9.14. The lowest BCUT2D eigenvalue weighted by atomic mass is 9.61. The molecule has 2 rings (SSSR count). The molecule has 0 fully saturated rings. The van der Waals surface area contributed by atoms with Gasteiger partial charge in [0.25, 0.3) is 0 Å². The van der Waals surface area contributed by atoms with E-state index in [9.17, 15) is 20.4 Å². The first-order chi connectivity index (χ1) is 15.0. The average molecular weight is 457 g/mol. The van der Waals surface area contributed by atoms with Crippen molar-refractivity contribution in [1.29, 1.82) is 0 Å². The smallest absolute Gasteiger partial charge is 0.128 e. The van der Waals surface area contributed by atoms with Crippen molar-refractivity contribution >= 4 is 0 Å². The summed E-state index contributed by atoms with van der Waals surface area (Å²) in [6.07, 6.45) is 0. The van der Waals surface area contributed by atoms with Crippen LogP contribution in [0.4, 0.5) is 0 Å². The fraction of sp³-hybridized carbons (Fsp3) is 0.586. The minimum absolute atomic E-state index is 0.0750. The largest absolute Gasteiger partial charge is 0.395 e. The SMILES string of the molecule is Cc1cc(C(C)(C)C)cc(C)c1C(O)(c1c(C)cc(C(C)(C)C)cc1C)C(CO)(CO)CO. The van der Waals surface area contributed by atoms with Crippen LogP contribution in [0.2, 0.25) is 0 Å². The molecule has 0 unspecified atom stereocenters. The average Bonchev–Trinajstić information content (AvgIpc) is 2.67. The van der Waals surface area contributed by atoms with Gasteiger partial charge in [0.2, 0.25) is 0 Å². The Balaban J connectivity index is 3.06. The lowest BCUT2D eigenvalue weighted by Gasteiger charge is -2.48. The van der Waals surface area contributed by atoms with Gasteiger partial charge in [0, 0.05) is 0 Å². The lowest BCUT2D eigenvalue weighted by Crippen LogP contribution is -2.55. The summed E-state index contributed by atoms with van der Waals surface area (Å²) in [5, 5.41) is 44.2. The maximum absolute atomic E-state index is 12.7. The van der Waals surface area contributed by atoms with Gasteiger partial charge in [-0.1, -0.05) is 65.8 Å². The molecule has 0 heterocycles. The number of aryl methyl sites for hydroxylation is 4. The molecule has 0 saturated carbocycles. The molecule has 0 aromatic heterocycles. The topological polar surface area (TPSA) is 80.9 Å². The van der Waals surface area contributed by atoms with Crippen LogP contribution in [-0.2, 0) is 16.4 Å². The molecule has 0 bridgehead atoms. The number of hydrogen-bond donors (Lipinski definition) is 4. The third-order valence-corrected chi connectivity index (χ3v) is 7.20. The van der Waals surface area contributed by atoms with Crippen LogP contribution in [0, 0.1) is 33.1 Å². The third kappa shape index (κ3) is 4.64. The molecule has 0 aliphatic heterocycles. The molecular weight excluding hydrogens is 412 g/mol. The molecule has 0 radical (unpaired) electrons. The Kier molecular flexibility index (Phi) is 7.63. The molecule has 33 heavy (non-hydrogen) atoms. The van der Waals surface area contributed by atoms with Gasteiger partial charge in [-0.05, 0) is 83.0 Å². The Morgan fingerprint density at radius 2 is 0.788 bits per heavy atom. The summed E-state index contributed by atoms with van der Waals surface area (Å²) in [5.74, 6) is 0. The molecule has 2 aromatic carbocycles. The fourth-order valence-corrected chi connectivity index (χ4v) is 5.08. The highest BCUT2D eigenvalue weighted by Crippen LogP contribution is 2.50. The highest BCUT2D eigenvalue weighted by Gasteiger charge is 2.54. The Morgan fingerprint density at radius 3 is 0.970 bits per heavy atom. The van der Waals surface area contributed by atoms with Crippen LogP contribution < -0.4 is 0 Å². The highest BCUT2D eigenvalue weighted by molar-refractivity contribution is 5.55. The van der Waals surface area contributed by atoms with Gasteiger partial charge >= 0.3 is 0 Å². The molecule has 2 aromatic rings. The van der Waals surface area contributed by atoms with Crippen molar-refractivity contribution in [2.45, 2.75) is 85.7 Å². The van der Waals surface area contributed by atoms with Gasteiger partial charge in [0.1, 0.15) is 5.60 Å². The summed E-state index contributed by atoms with van der Waals surface area (Å²) < 4.78 is 0. The minimum Gasteiger partial charge on any atom is -0.395 e. The van der Waals surface area contributed by atoms with Crippen molar-refractivity contribution in [3.05, 3.63) is 68.8 Å². The summed E-state index contributed by atoms with van der Waals surface area (Å²) in [6.45, 7) is 19.0. The molecule has 0 amide bonds. The minimum atomic E-state index is -1.81. The number of rotatable bonds is 6. The van der Waals surface area contributed by atoms with E-state index in [1.165, 1.54) is 0 Å². The van der Waals surface area contributed by atoms with E-state index in [0.717, 1.165) is 33.4 Å². The van der Waals surface area contributed by atoms with Crippen molar-refractivity contribution < 1.29 is 20.4 Å². The molecule has 184 valence electrons. The van der Waals surface area contributed by atoms with E-state index in [4.69, 9.17) is 0 Å². The van der Waals surface area contributed by atoms with Crippen molar-refractivity contribution in [3.63, 3.8) is 0 Å². The quantitative estimate of drug-likeness (QED) is 0.507. The van der Waals surface area contributed by atoms with Crippen LogP contribution in [0.3, 0.4) is 0 Å². The van der Waals surface area contributed by atoms with E-state index in [-0.39, 0.29) is 10.8 Å². The zero-order chi connectivity index (χ0) is 25.6. The molecule has 0 aliphatic rings. The number of aliphatic hydroxyl groups is 4. The molecule has 4 heteroatoms. The molecular formula is C29H44O4. The van der Waals surface area contributed by atoms with Gasteiger partial charge in [-0.25, -0.2) is 0 Å². The Hall–Kier alpha value is -1.72. The van der Waals surface area contributed by atoms with Crippen molar-refractivity contribution in [2.75, 3.05) is 19.8 Å². The van der Waals surface area contributed by atoms with Gasteiger partial charge < -0.3 is 20.4 Å². The first kappa shape index (κ1) is 27.5. The fourth-order valence-electron chi connectivity index (χ4n) is 5.08. The summed E-state index contributed by atoms with van der Waals surface area (Å²) in [6, 6.07) is 8.27. The maximum Gasteiger partial charge on any atom is 0.128 e. The van der Waals surface area contributed by atoms with Gasteiger partial charge in [-0.15, -0.1) is 0 Å². The third-order valence-electron chi connectivity index (χ3n) is 7.20. The van der Waals surface area contributed by atoms with Crippen LogP contribution in [0.15, 0.2) is 24.3 Å². The van der Waals surface area contributed by atoms with Crippen LogP contribution in [-0.4, -0.2) is 40.2 Å². The molecule has 0 aliphatic carbocycles. The van der Waals surface area contributed by atoms with Gasteiger partial charge in [-0.3, -0.25) is 0 Å². The van der Waals surface area contributed by atoms with Gasteiger partial charge in [-0.2, -0.15) is 0 Å².